The van der Waals surface area contributed by atoms with E-state index < -0.39 is 0 Å². The van der Waals surface area contributed by atoms with Crippen molar-refractivity contribution in [2.75, 3.05) is 26.3 Å². The second-order valence-corrected chi connectivity index (χ2v) is 6.16. The predicted molar refractivity (Wildman–Crippen MR) is 95.4 cm³/mol. The monoisotopic (exact) mass is 347 g/mol. The molecule has 1 aliphatic heterocycles. The SMILES string of the molecule is Cn1c(C(=O)N2CCOCC2)cc2cc(-c3cc(C#N)ccn3)ncc21. The lowest BCUT2D eigenvalue weighted by molar-refractivity contribution is 0.0297. The van der Waals surface area contributed by atoms with E-state index in [2.05, 4.69) is 16.0 Å². The van der Waals surface area contributed by atoms with Gasteiger partial charge >= 0.3 is 0 Å². The number of carbonyl (C=O) groups is 1. The van der Waals surface area contributed by atoms with Crippen LogP contribution in [0.25, 0.3) is 22.3 Å². The Kier molecular flexibility index (Phi) is 4.11. The molecule has 1 fully saturated rings. The summed E-state index contributed by atoms with van der Waals surface area (Å²) in [4.78, 5) is 23.4. The van der Waals surface area contributed by atoms with E-state index >= 15 is 0 Å². The minimum atomic E-state index is -0.00171. The lowest BCUT2D eigenvalue weighted by atomic mass is 10.1. The number of pyridine rings is 2. The fourth-order valence-corrected chi connectivity index (χ4v) is 3.15. The normalized spacial score (nSPS) is 14.4. The van der Waals surface area contributed by atoms with E-state index in [0.717, 1.165) is 10.9 Å². The van der Waals surface area contributed by atoms with Crippen LogP contribution in [0.5, 0.6) is 0 Å². The van der Waals surface area contributed by atoms with Gasteiger partial charge in [0.05, 0.1) is 47.9 Å². The number of aryl methyl sites for hydroxylation is 1. The van der Waals surface area contributed by atoms with Crippen LogP contribution in [0.4, 0.5) is 0 Å². The summed E-state index contributed by atoms with van der Waals surface area (Å²) in [6.45, 7) is 2.36. The van der Waals surface area contributed by atoms with Gasteiger partial charge in [-0.2, -0.15) is 5.26 Å². The number of fused-ring (bicyclic) bond motifs is 1. The Balaban J connectivity index is 1.73. The van der Waals surface area contributed by atoms with Crippen molar-refractivity contribution in [3.8, 4) is 17.5 Å². The van der Waals surface area contributed by atoms with Gasteiger partial charge in [-0.15, -0.1) is 0 Å². The third-order valence-electron chi connectivity index (χ3n) is 4.60. The number of amides is 1. The Morgan fingerprint density at radius 1 is 1.19 bits per heavy atom. The van der Waals surface area contributed by atoms with Crippen molar-refractivity contribution in [3.63, 3.8) is 0 Å². The average Bonchev–Trinajstić information content (AvgIpc) is 3.04. The lowest BCUT2D eigenvalue weighted by Crippen LogP contribution is -2.41. The molecular weight excluding hydrogens is 330 g/mol. The smallest absolute Gasteiger partial charge is 0.270 e. The first-order chi connectivity index (χ1) is 12.7. The fourth-order valence-electron chi connectivity index (χ4n) is 3.15. The third-order valence-corrected chi connectivity index (χ3v) is 4.60. The van der Waals surface area contributed by atoms with Gasteiger partial charge in [-0.05, 0) is 24.3 Å². The Morgan fingerprint density at radius 3 is 2.73 bits per heavy atom. The van der Waals surface area contributed by atoms with Gasteiger partial charge in [-0.1, -0.05) is 0 Å². The topological polar surface area (TPSA) is 84.0 Å². The quantitative estimate of drug-likeness (QED) is 0.708. The maximum absolute atomic E-state index is 12.8. The zero-order chi connectivity index (χ0) is 18.1. The molecule has 4 heterocycles. The summed E-state index contributed by atoms with van der Waals surface area (Å²) in [5, 5.41) is 9.97. The van der Waals surface area contributed by atoms with Crippen LogP contribution < -0.4 is 0 Å². The van der Waals surface area contributed by atoms with E-state index in [-0.39, 0.29) is 5.91 Å². The molecular formula is C19H17N5O2. The van der Waals surface area contributed by atoms with Crippen molar-refractivity contribution in [1.29, 1.82) is 5.26 Å². The summed E-state index contributed by atoms with van der Waals surface area (Å²) in [5.74, 6) is -0.00171. The second kappa shape index (κ2) is 6.58. The molecule has 1 aliphatic rings. The number of rotatable bonds is 2. The van der Waals surface area contributed by atoms with Crippen LogP contribution in [0.3, 0.4) is 0 Å². The van der Waals surface area contributed by atoms with E-state index in [4.69, 9.17) is 10.00 Å². The molecule has 0 spiro atoms. The molecule has 0 aromatic carbocycles. The first kappa shape index (κ1) is 16.2. The molecule has 1 amide bonds. The van der Waals surface area contributed by atoms with E-state index in [9.17, 15) is 4.79 Å². The van der Waals surface area contributed by atoms with Crippen LogP contribution in [0, 0.1) is 11.3 Å². The maximum Gasteiger partial charge on any atom is 0.270 e. The highest BCUT2D eigenvalue weighted by Gasteiger charge is 2.22. The van der Waals surface area contributed by atoms with Crippen molar-refractivity contribution >= 4 is 16.8 Å². The summed E-state index contributed by atoms with van der Waals surface area (Å²) >= 11 is 0. The molecule has 4 rings (SSSR count). The van der Waals surface area contributed by atoms with Crippen molar-refractivity contribution in [2.45, 2.75) is 0 Å². The first-order valence-electron chi connectivity index (χ1n) is 8.36. The summed E-state index contributed by atoms with van der Waals surface area (Å²) < 4.78 is 7.18. The molecule has 0 saturated carbocycles. The number of nitrogens with zero attached hydrogens (tertiary/aromatic N) is 5. The predicted octanol–water partition coefficient (Wildman–Crippen LogP) is 1.98. The standard InChI is InChI=1S/C19H17N5O2/c1-23-17(19(25)24-4-6-26-7-5-24)10-14-9-16(22-12-18(14)23)15-8-13(11-20)2-3-21-15/h2-3,8-10,12H,4-7H2,1H3. The second-order valence-electron chi connectivity index (χ2n) is 6.16. The van der Waals surface area contributed by atoms with Crippen LogP contribution in [0.2, 0.25) is 0 Å². The molecule has 130 valence electrons. The van der Waals surface area contributed by atoms with Gasteiger partial charge in [0.15, 0.2) is 0 Å². The number of ether oxygens (including phenoxy) is 1. The summed E-state index contributed by atoms with van der Waals surface area (Å²) in [5.41, 5.74) is 3.34. The third kappa shape index (κ3) is 2.80. The Morgan fingerprint density at radius 2 is 1.96 bits per heavy atom. The molecule has 7 nitrogen and oxygen atoms in total. The van der Waals surface area contributed by atoms with Gasteiger partial charge < -0.3 is 14.2 Å². The van der Waals surface area contributed by atoms with Gasteiger partial charge in [0.2, 0.25) is 0 Å². The summed E-state index contributed by atoms with van der Waals surface area (Å²) in [6, 6.07) is 9.25. The van der Waals surface area contributed by atoms with Crippen LogP contribution >= 0.6 is 0 Å². The summed E-state index contributed by atoms with van der Waals surface area (Å²) in [7, 11) is 1.87. The van der Waals surface area contributed by atoms with Gasteiger partial charge in [0.1, 0.15) is 5.69 Å². The highest BCUT2D eigenvalue weighted by Crippen LogP contribution is 2.24. The number of carbonyl (C=O) groups excluding carboxylic acids is 1. The van der Waals surface area contributed by atoms with E-state index in [1.165, 1.54) is 0 Å². The van der Waals surface area contributed by atoms with Crippen molar-refractivity contribution in [1.82, 2.24) is 19.4 Å². The molecule has 0 atom stereocenters. The van der Waals surface area contributed by atoms with Crippen LogP contribution in [-0.2, 0) is 11.8 Å². The van der Waals surface area contributed by atoms with E-state index in [1.54, 1.807) is 24.5 Å². The van der Waals surface area contributed by atoms with Crippen molar-refractivity contribution in [2.24, 2.45) is 7.05 Å². The maximum atomic E-state index is 12.8. The van der Waals surface area contributed by atoms with Crippen molar-refractivity contribution < 1.29 is 9.53 Å². The molecule has 1 saturated heterocycles. The summed E-state index contributed by atoms with van der Waals surface area (Å²) in [6.07, 6.45) is 3.33. The number of hydrogen-bond donors (Lipinski definition) is 0. The average molecular weight is 347 g/mol. The molecule has 0 aliphatic carbocycles. The molecule has 0 unspecified atom stereocenters. The highest BCUT2D eigenvalue weighted by molar-refractivity contribution is 5.99. The number of morpholine rings is 1. The van der Waals surface area contributed by atoms with Gasteiger partial charge in [-0.3, -0.25) is 14.8 Å². The molecule has 0 N–H and O–H groups in total. The van der Waals surface area contributed by atoms with Crippen molar-refractivity contribution in [3.05, 3.63) is 47.9 Å². The van der Waals surface area contributed by atoms with Gasteiger partial charge in [0, 0.05) is 31.7 Å². The molecule has 0 radical (unpaired) electrons. The number of aromatic nitrogens is 3. The number of hydrogen-bond acceptors (Lipinski definition) is 5. The van der Waals surface area contributed by atoms with Gasteiger partial charge in [-0.25, -0.2) is 0 Å². The van der Waals surface area contributed by atoms with Crippen LogP contribution in [0.1, 0.15) is 16.1 Å². The molecule has 3 aromatic rings. The highest BCUT2D eigenvalue weighted by atomic mass is 16.5. The molecule has 0 bridgehead atoms. The minimum Gasteiger partial charge on any atom is -0.378 e. The zero-order valence-electron chi connectivity index (χ0n) is 14.3. The lowest BCUT2D eigenvalue weighted by Gasteiger charge is -2.26. The minimum absolute atomic E-state index is 0.00171. The molecule has 26 heavy (non-hydrogen) atoms. The Bertz CT molecular complexity index is 1030. The van der Waals surface area contributed by atoms with E-state index in [0.29, 0.717) is 48.9 Å². The van der Waals surface area contributed by atoms with Crippen LogP contribution in [-0.4, -0.2) is 51.6 Å². The van der Waals surface area contributed by atoms with Crippen LogP contribution in [0.15, 0.2) is 36.7 Å². The molecule has 7 heteroatoms. The van der Waals surface area contributed by atoms with E-state index in [1.807, 2.05) is 28.6 Å². The molecule has 3 aromatic heterocycles. The first-order valence-corrected chi connectivity index (χ1v) is 8.36. The van der Waals surface area contributed by atoms with Gasteiger partial charge in [0.25, 0.3) is 5.91 Å². The Hall–Kier alpha value is -3.24. The largest absolute Gasteiger partial charge is 0.378 e. The Labute approximate surface area is 150 Å². The fraction of sp³-hybridized carbons (Fsp3) is 0.263. The number of nitriles is 1. The zero-order valence-corrected chi connectivity index (χ0v) is 14.3.